The molecule has 0 radical (unpaired) electrons. The third kappa shape index (κ3) is 2.75. The highest BCUT2D eigenvalue weighted by atomic mass is 32.2. The van der Waals surface area contributed by atoms with E-state index in [2.05, 4.69) is 0 Å². The van der Waals surface area contributed by atoms with E-state index in [0.29, 0.717) is 5.75 Å². The van der Waals surface area contributed by atoms with E-state index in [9.17, 15) is 4.21 Å². The van der Waals surface area contributed by atoms with Crippen LogP contribution in [0.2, 0.25) is 0 Å². The largest absolute Gasteiger partial charge is 0.392 e. The molecule has 1 aromatic rings. The van der Waals surface area contributed by atoms with E-state index in [1.807, 2.05) is 18.2 Å². The summed E-state index contributed by atoms with van der Waals surface area (Å²) in [5.41, 5.74) is 0. The average molecular weight is 184 g/mol. The predicted molar refractivity (Wildman–Crippen MR) is 49.4 cm³/mol. The van der Waals surface area contributed by atoms with Gasteiger partial charge in [0.05, 0.1) is 22.7 Å². The van der Waals surface area contributed by atoms with Crippen molar-refractivity contribution in [3.05, 3.63) is 30.3 Å². The van der Waals surface area contributed by atoms with Crippen LogP contribution in [0.15, 0.2) is 35.2 Å². The number of aliphatic hydroxyl groups excluding tert-OH is 1. The Labute approximate surface area is 74.7 Å². The number of rotatable bonds is 3. The first-order valence-corrected chi connectivity index (χ1v) is 5.13. The highest BCUT2D eigenvalue weighted by Crippen LogP contribution is 2.06. The minimum Gasteiger partial charge on any atom is -0.392 e. The summed E-state index contributed by atoms with van der Waals surface area (Å²) >= 11 is 0. The first-order chi connectivity index (χ1) is 5.70. The maximum Gasteiger partial charge on any atom is 0.0630 e. The Bertz CT molecular complexity index is 256. The molecule has 0 aliphatic rings. The van der Waals surface area contributed by atoms with Crippen LogP contribution in [0.3, 0.4) is 0 Å². The predicted octanol–water partition coefficient (Wildman–Crippen LogP) is 1.18. The van der Waals surface area contributed by atoms with Crippen LogP contribution in [0.4, 0.5) is 0 Å². The number of benzene rings is 1. The van der Waals surface area contributed by atoms with Gasteiger partial charge in [-0.25, -0.2) is 0 Å². The molecule has 2 nitrogen and oxygen atoms in total. The van der Waals surface area contributed by atoms with E-state index in [1.165, 1.54) is 0 Å². The molecule has 0 aromatic heterocycles. The zero-order valence-electron chi connectivity index (χ0n) is 6.93. The molecule has 1 aromatic carbocycles. The number of hydrogen-bond acceptors (Lipinski definition) is 2. The van der Waals surface area contributed by atoms with E-state index in [-0.39, 0.29) is 0 Å². The molecule has 0 amide bonds. The fourth-order valence-electron chi connectivity index (χ4n) is 0.888. The van der Waals surface area contributed by atoms with E-state index in [1.54, 1.807) is 19.1 Å². The first-order valence-electron chi connectivity index (χ1n) is 3.81. The van der Waals surface area contributed by atoms with E-state index >= 15 is 0 Å². The molecule has 2 atom stereocenters. The molecule has 1 N–H and O–H groups in total. The van der Waals surface area contributed by atoms with E-state index < -0.39 is 16.9 Å². The number of hydrogen-bond donors (Lipinski definition) is 1. The van der Waals surface area contributed by atoms with Crippen LogP contribution in [0.25, 0.3) is 0 Å². The second-order valence-corrected chi connectivity index (χ2v) is 4.17. The zero-order valence-corrected chi connectivity index (χ0v) is 7.75. The summed E-state index contributed by atoms with van der Waals surface area (Å²) in [6.07, 6.45) is -0.508. The Morgan fingerprint density at radius 3 is 2.50 bits per heavy atom. The quantitative estimate of drug-likeness (QED) is 0.765. The summed E-state index contributed by atoms with van der Waals surface area (Å²) < 4.78 is 11.4. The van der Waals surface area contributed by atoms with Crippen molar-refractivity contribution in [3.8, 4) is 0 Å². The molecule has 0 saturated heterocycles. The molecule has 0 heterocycles. The maximum absolute atomic E-state index is 11.4. The van der Waals surface area contributed by atoms with Crippen molar-refractivity contribution in [3.63, 3.8) is 0 Å². The molecule has 0 spiro atoms. The van der Waals surface area contributed by atoms with Gasteiger partial charge in [-0.1, -0.05) is 18.2 Å². The lowest BCUT2D eigenvalue weighted by Crippen LogP contribution is -2.12. The van der Waals surface area contributed by atoms with Crippen molar-refractivity contribution in [1.82, 2.24) is 0 Å². The molecule has 0 unspecified atom stereocenters. The molecule has 0 aliphatic heterocycles. The third-order valence-electron chi connectivity index (χ3n) is 1.40. The summed E-state index contributed by atoms with van der Waals surface area (Å²) in [4.78, 5) is 0.776. The first kappa shape index (κ1) is 9.42. The lowest BCUT2D eigenvalue weighted by molar-refractivity contribution is 0.219. The van der Waals surface area contributed by atoms with E-state index in [4.69, 9.17) is 5.11 Å². The zero-order chi connectivity index (χ0) is 8.97. The Balaban J connectivity index is 2.66. The molecule has 0 saturated carbocycles. The van der Waals surface area contributed by atoms with Crippen LogP contribution < -0.4 is 0 Å². The van der Waals surface area contributed by atoms with Gasteiger partial charge in [0.1, 0.15) is 0 Å². The Morgan fingerprint density at radius 2 is 2.00 bits per heavy atom. The van der Waals surface area contributed by atoms with Crippen LogP contribution in [0.1, 0.15) is 6.92 Å². The molecular formula is C9H12O2S. The average Bonchev–Trinajstić information content (AvgIpc) is 2.05. The van der Waals surface area contributed by atoms with E-state index in [0.717, 1.165) is 4.90 Å². The van der Waals surface area contributed by atoms with Crippen LogP contribution in [0.5, 0.6) is 0 Å². The summed E-state index contributed by atoms with van der Waals surface area (Å²) in [7, 11) is -1.06. The highest BCUT2D eigenvalue weighted by molar-refractivity contribution is 7.85. The standard InChI is InChI=1S/C9H12O2S/c1-8(10)7-12(11)9-5-3-2-4-6-9/h2-6,8,10H,7H2,1H3/t8-,12-/m0/s1. The molecule has 0 bridgehead atoms. The molecule has 3 heteroatoms. The van der Waals surface area contributed by atoms with Gasteiger partial charge in [-0.3, -0.25) is 4.21 Å². The second-order valence-electron chi connectivity index (χ2n) is 2.67. The monoisotopic (exact) mass is 184 g/mol. The van der Waals surface area contributed by atoms with Gasteiger partial charge >= 0.3 is 0 Å². The normalized spacial score (nSPS) is 15.5. The molecule has 1 rings (SSSR count). The van der Waals surface area contributed by atoms with Crippen molar-refractivity contribution in [2.45, 2.75) is 17.9 Å². The summed E-state index contributed by atoms with van der Waals surface area (Å²) in [5.74, 6) is 0.310. The molecule has 66 valence electrons. The molecule has 0 fully saturated rings. The fourth-order valence-corrected chi connectivity index (χ4v) is 1.98. The van der Waals surface area contributed by atoms with Crippen LogP contribution in [-0.2, 0) is 10.8 Å². The Hall–Kier alpha value is -0.670. The van der Waals surface area contributed by atoms with Crippen LogP contribution >= 0.6 is 0 Å². The van der Waals surface area contributed by atoms with Crippen molar-refractivity contribution in [2.24, 2.45) is 0 Å². The molecular weight excluding hydrogens is 172 g/mol. The van der Waals surface area contributed by atoms with Crippen molar-refractivity contribution in [1.29, 1.82) is 0 Å². The smallest absolute Gasteiger partial charge is 0.0630 e. The minimum absolute atomic E-state index is 0.310. The highest BCUT2D eigenvalue weighted by Gasteiger charge is 2.05. The van der Waals surface area contributed by atoms with Gasteiger partial charge in [-0.2, -0.15) is 0 Å². The van der Waals surface area contributed by atoms with Crippen molar-refractivity contribution in [2.75, 3.05) is 5.75 Å². The topological polar surface area (TPSA) is 37.3 Å². The Morgan fingerprint density at radius 1 is 1.42 bits per heavy atom. The van der Waals surface area contributed by atoms with Gasteiger partial charge in [0.25, 0.3) is 0 Å². The molecule has 12 heavy (non-hydrogen) atoms. The molecule has 0 aliphatic carbocycles. The number of aliphatic hydroxyl groups is 1. The summed E-state index contributed by atoms with van der Waals surface area (Å²) in [6.45, 7) is 1.64. The summed E-state index contributed by atoms with van der Waals surface area (Å²) in [5, 5.41) is 8.99. The fraction of sp³-hybridized carbons (Fsp3) is 0.333. The second kappa shape index (κ2) is 4.38. The van der Waals surface area contributed by atoms with Crippen molar-refractivity contribution >= 4 is 10.8 Å². The van der Waals surface area contributed by atoms with Gasteiger partial charge in [-0.15, -0.1) is 0 Å². The third-order valence-corrected chi connectivity index (χ3v) is 2.98. The van der Waals surface area contributed by atoms with Gasteiger partial charge in [0.2, 0.25) is 0 Å². The lowest BCUT2D eigenvalue weighted by Gasteiger charge is -2.03. The maximum atomic E-state index is 11.4. The Kier molecular flexibility index (Phi) is 3.44. The van der Waals surface area contributed by atoms with Crippen molar-refractivity contribution < 1.29 is 9.32 Å². The van der Waals surface area contributed by atoms with Gasteiger partial charge in [0.15, 0.2) is 0 Å². The SMILES string of the molecule is C[C@H](O)C[S@](=O)c1ccccc1. The van der Waals surface area contributed by atoms with Crippen LogP contribution in [-0.4, -0.2) is 21.2 Å². The lowest BCUT2D eigenvalue weighted by atomic mass is 10.4. The van der Waals surface area contributed by atoms with Crippen LogP contribution in [0, 0.1) is 0 Å². The van der Waals surface area contributed by atoms with Gasteiger partial charge in [-0.05, 0) is 19.1 Å². The van der Waals surface area contributed by atoms with Gasteiger partial charge < -0.3 is 5.11 Å². The minimum atomic E-state index is -1.06. The van der Waals surface area contributed by atoms with Gasteiger partial charge in [0, 0.05) is 4.90 Å². The summed E-state index contributed by atoms with van der Waals surface area (Å²) in [6, 6.07) is 9.17.